The average molecular weight is 449 g/mol. The van der Waals surface area contributed by atoms with Crippen molar-refractivity contribution in [2.24, 2.45) is 34.5 Å². The molecule has 0 aromatic carbocycles. The normalized spacial score (nSPS) is 50.0. The SMILES string of the molecule is C=C(C)CC[C@@H](O)[C@@H](C)[C@H]1CC[C@@]2(O)C3=CC(O)[C@@H]4C[C@@H](O)[C@@H](O)C[C@]4(C)[C@H]3CC[C@]12C. The van der Waals surface area contributed by atoms with Gasteiger partial charge in [-0.15, -0.1) is 6.58 Å². The second kappa shape index (κ2) is 8.20. The maximum Gasteiger partial charge on any atom is 0.0916 e. The van der Waals surface area contributed by atoms with Gasteiger partial charge < -0.3 is 25.5 Å². The van der Waals surface area contributed by atoms with E-state index in [0.717, 1.165) is 36.8 Å². The lowest BCUT2D eigenvalue weighted by Gasteiger charge is -2.61. The maximum absolute atomic E-state index is 12.2. The lowest BCUT2D eigenvalue weighted by Crippen LogP contribution is -2.61. The summed E-state index contributed by atoms with van der Waals surface area (Å²) in [5, 5.41) is 55.0. The van der Waals surface area contributed by atoms with Crippen molar-refractivity contribution in [3.8, 4) is 0 Å². The van der Waals surface area contributed by atoms with Gasteiger partial charge in [0.25, 0.3) is 0 Å². The van der Waals surface area contributed by atoms with Gasteiger partial charge in [-0.05, 0) is 93.0 Å². The van der Waals surface area contributed by atoms with Crippen LogP contribution >= 0.6 is 0 Å². The fraction of sp³-hybridized carbons (Fsp3) is 0.852. The van der Waals surface area contributed by atoms with Crippen LogP contribution in [0.2, 0.25) is 0 Å². The summed E-state index contributed by atoms with van der Waals surface area (Å²) in [5.74, 6) is 0.270. The molecule has 182 valence electrons. The van der Waals surface area contributed by atoms with Crippen LogP contribution < -0.4 is 0 Å². The third-order valence-electron chi connectivity index (χ3n) is 10.5. The standard InChI is InChI=1S/C27H44O5/c1-15(2)6-7-21(28)16(3)17-9-11-27(32)19-12-22(29)20-13-23(30)24(31)14-25(20,4)18(19)8-10-26(17,27)5/h12,16-18,20-24,28-32H,1,6-11,13-14H2,2-5H3/t16-,17+,18-,20-,21+,22?,23+,24-,25+,26+,27+/m0/s1. The summed E-state index contributed by atoms with van der Waals surface area (Å²) in [6.45, 7) is 12.4. The van der Waals surface area contributed by atoms with Gasteiger partial charge in [0.15, 0.2) is 0 Å². The minimum atomic E-state index is -1.00. The maximum atomic E-state index is 12.2. The van der Waals surface area contributed by atoms with Crippen molar-refractivity contribution in [3.63, 3.8) is 0 Å². The highest BCUT2D eigenvalue weighted by molar-refractivity contribution is 5.37. The molecule has 0 bridgehead atoms. The van der Waals surface area contributed by atoms with Crippen LogP contribution in [-0.2, 0) is 0 Å². The van der Waals surface area contributed by atoms with Gasteiger partial charge in [0.2, 0.25) is 0 Å². The van der Waals surface area contributed by atoms with Crippen LogP contribution in [0.4, 0.5) is 0 Å². The average Bonchev–Trinajstić information content (AvgIpc) is 2.99. The first-order chi connectivity index (χ1) is 14.8. The molecule has 0 heterocycles. The van der Waals surface area contributed by atoms with E-state index in [1.54, 1.807) is 0 Å². The molecule has 0 aliphatic heterocycles. The molecule has 11 atom stereocenters. The molecular weight excluding hydrogens is 404 g/mol. The molecule has 4 aliphatic rings. The van der Waals surface area contributed by atoms with Gasteiger partial charge in [-0.1, -0.05) is 32.4 Å². The molecule has 3 fully saturated rings. The molecule has 1 unspecified atom stereocenters. The van der Waals surface area contributed by atoms with Crippen molar-refractivity contribution >= 4 is 0 Å². The summed E-state index contributed by atoms with van der Waals surface area (Å²) in [4.78, 5) is 0. The van der Waals surface area contributed by atoms with Crippen LogP contribution in [-0.4, -0.2) is 55.5 Å². The molecule has 5 heteroatoms. The number of hydrogen-bond acceptors (Lipinski definition) is 5. The third kappa shape index (κ3) is 3.46. The zero-order valence-corrected chi connectivity index (χ0v) is 20.3. The summed E-state index contributed by atoms with van der Waals surface area (Å²) in [6, 6.07) is 0. The van der Waals surface area contributed by atoms with E-state index in [0.29, 0.717) is 25.7 Å². The summed E-state index contributed by atoms with van der Waals surface area (Å²) >= 11 is 0. The Balaban J connectivity index is 1.64. The molecule has 4 aliphatic carbocycles. The Bertz CT molecular complexity index is 778. The van der Waals surface area contributed by atoms with Crippen molar-refractivity contribution in [1.29, 1.82) is 0 Å². The fourth-order valence-corrected chi connectivity index (χ4v) is 8.39. The Morgan fingerprint density at radius 3 is 2.50 bits per heavy atom. The van der Waals surface area contributed by atoms with Gasteiger partial charge in [0.1, 0.15) is 0 Å². The largest absolute Gasteiger partial charge is 0.393 e. The van der Waals surface area contributed by atoms with Crippen molar-refractivity contribution in [1.82, 2.24) is 0 Å². The minimum Gasteiger partial charge on any atom is -0.393 e. The summed E-state index contributed by atoms with van der Waals surface area (Å²) in [5.41, 5.74) is 0.333. The van der Waals surface area contributed by atoms with Gasteiger partial charge in [-0.3, -0.25) is 0 Å². The topological polar surface area (TPSA) is 101 Å². The van der Waals surface area contributed by atoms with E-state index in [1.165, 1.54) is 0 Å². The predicted octanol–water partition coefficient (Wildman–Crippen LogP) is 3.34. The molecule has 4 rings (SSSR count). The molecule has 5 nitrogen and oxygen atoms in total. The summed E-state index contributed by atoms with van der Waals surface area (Å²) in [7, 11) is 0. The molecule has 0 spiro atoms. The predicted molar refractivity (Wildman–Crippen MR) is 125 cm³/mol. The monoisotopic (exact) mass is 448 g/mol. The first kappa shape index (κ1) is 24.4. The zero-order chi connectivity index (χ0) is 23.6. The number of hydrogen-bond donors (Lipinski definition) is 5. The molecule has 0 radical (unpaired) electrons. The highest BCUT2D eigenvalue weighted by Gasteiger charge is 2.67. The Morgan fingerprint density at radius 1 is 1.16 bits per heavy atom. The first-order valence-electron chi connectivity index (χ1n) is 12.7. The van der Waals surface area contributed by atoms with Gasteiger partial charge in [0.05, 0.1) is 30.0 Å². The van der Waals surface area contributed by atoms with Crippen LogP contribution in [0.5, 0.6) is 0 Å². The highest BCUT2D eigenvalue weighted by atomic mass is 16.3. The summed E-state index contributed by atoms with van der Waals surface area (Å²) < 4.78 is 0. The summed E-state index contributed by atoms with van der Waals surface area (Å²) in [6.07, 6.45) is 4.79. The highest BCUT2D eigenvalue weighted by Crippen LogP contribution is 2.68. The van der Waals surface area contributed by atoms with Gasteiger partial charge in [-0.25, -0.2) is 0 Å². The number of fused-ring (bicyclic) bond motifs is 5. The Labute approximate surface area is 193 Å². The lowest BCUT2D eigenvalue weighted by atomic mass is 9.45. The van der Waals surface area contributed by atoms with E-state index >= 15 is 0 Å². The molecule has 0 aromatic rings. The lowest BCUT2D eigenvalue weighted by molar-refractivity contribution is -0.156. The van der Waals surface area contributed by atoms with E-state index in [2.05, 4.69) is 27.4 Å². The van der Waals surface area contributed by atoms with E-state index < -0.39 is 30.0 Å². The van der Waals surface area contributed by atoms with Crippen molar-refractivity contribution in [2.75, 3.05) is 0 Å². The quantitative estimate of drug-likeness (QED) is 0.415. The third-order valence-corrected chi connectivity index (χ3v) is 10.5. The van der Waals surface area contributed by atoms with Crippen LogP contribution in [0.25, 0.3) is 0 Å². The van der Waals surface area contributed by atoms with Crippen LogP contribution in [0.3, 0.4) is 0 Å². The number of allylic oxidation sites excluding steroid dienone is 1. The first-order valence-corrected chi connectivity index (χ1v) is 12.7. The Morgan fingerprint density at radius 2 is 1.84 bits per heavy atom. The van der Waals surface area contributed by atoms with E-state index in [1.807, 2.05) is 13.0 Å². The van der Waals surface area contributed by atoms with E-state index in [4.69, 9.17) is 0 Å². The van der Waals surface area contributed by atoms with Crippen LogP contribution in [0, 0.1) is 34.5 Å². The Hall–Kier alpha value is -0.720. The molecule has 5 N–H and O–H groups in total. The van der Waals surface area contributed by atoms with Crippen molar-refractivity contribution in [3.05, 3.63) is 23.8 Å². The number of aliphatic hydroxyl groups is 5. The zero-order valence-electron chi connectivity index (χ0n) is 20.3. The molecule has 32 heavy (non-hydrogen) atoms. The van der Waals surface area contributed by atoms with Crippen LogP contribution in [0.1, 0.15) is 79.1 Å². The van der Waals surface area contributed by atoms with E-state index in [-0.39, 0.29) is 34.5 Å². The smallest absolute Gasteiger partial charge is 0.0916 e. The minimum absolute atomic E-state index is 0.0778. The molecule has 0 saturated heterocycles. The van der Waals surface area contributed by atoms with Gasteiger partial charge in [-0.2, -0.15) is 0 Å². The van der Waals surface area contributed by atoms with E-state index in [9.17, 15) is 25.5 Å². The Kier molecular flexibility index (Phi) is 6.25. The number of aliphatic hydroxyl groups excluding tert-OH is 4. The van der Waals surface area contributed by atoms with Crippen LogP contribution in [0.15, 0.2) is 23.8 Å². The fourth-order valence-electron chi connectivity index (χ4n) is 8.39. The molecule has 3 saturated carbocycles. The van der Waals surface area contributed by atoms with Crippen molar-refractivity contribution < 1.29 is 25.5 Å². The molecule has 0 aromatic heterocycles. The number of rotatable bonds is 5. The van der Waals surface area contributed by atoms with Gasteiger partial charge in [0, 0.05) is 5.41 Å². The van der Waals surface area contributed by atoms with Crippen molar-refractivity contribution in [2.45, 2.75) is 109 Å². The second-order valence-corrected chi connectivity index (χ2v) is 12.2. The molecular formula is C27H44O5. The molecule has 0 amide bonds. The van der Waals surface area contributed by atoms with Gasteiger partial charge >= 0.3 is 0 Å². The second-order valence-electron chi connectivity index (χ2n) is 12.2.